The van der Waals surface area contributed by atoms with E-state index in [1.807, 2.05) is 0 Å². The van der Waals surface area contributed by atoms with Crippen LogP contribution in [0.25, 0.3) is 0 Å². The van der Waals surface area contributed by atoms with E-state index in [9.17, 15) is 13.6 Å². The van der Waals surface area contributed by atoms with E-state index in [4.69, 9.17) is 0 Å². The number of rotatable bonds is 2. The fourth-order valence-electron chi connectivity index (χ4n) is 1.65. The highest BCUT2D eigenvalue weighted by atomic mass is 32.2. The van der Waals surface area contributed by atoms with Crippen molar-refractivity contribution in [3.05, 3.63) is 35.4 Å². The van der Waals surface area contributed by atoms with Crippen molar-refractivity contribution in [2.75, 3.05) is 11.5 Å². The molecule has 80 valence electrons. The molecule has 4 heteroatoms. The van der Waals surface area contributed by atoms with E-state index in [1.54, 1.807) is 11.8 Å². The number of hydrogen-bond acceptors (Lipinski definition) is 2. The first kappa shape index (κ1) is 10.6. The Morgan fingerprint density at radius 1 is 1.40 bits per heavy atom. The molecule has 0 aliphatic carbocycles. The number of carbonyl (C=O) groups excluding carboxylic acids is 1. The van der Waals surface area contributed by atoms with Crippen LogP contribution < -0.4 is 0 Å². The molecule has 1 unspecified atom stereocenters. The number of carbonyl (C=O) groups is 1. The minimum atomic E-state index is -0.627. The lowest BCUT2D eigenvalue weighted by molar-refractivity contribution is 0.0929. The van der Waals surface area contributed by atoms with Gasteiger partial charge in [0.15, 0.2) is 5.78 Å². The number of Topliss-reactive ketones (excluding diaryl/α,β-unsaturated/α-hetero) is 1. The Bertz CT molecular complexity index is 386. The van der Waals surface area contributed by atoms with Crippen LogP contribution in [0.2, 0.25) is 0 Å². The molecule has 0 N–H and O–H groups in total. The Kier molecular flexibility index (Phi) is 3.05. The first-order valence-corrected chi connectivity index (χ1v) is 5.91. The highest BCUT2D eigenvalue weighted by molar-refractivity contribution is 7.99. The van der Waals surface area contributed by atoms with E-state index >= 15 is 0 Å². The maximum absolute atomic E-state index is 13.3. The third kappa shape index (κ3) is 2.20. The lowest BCUT2D eigenvalue weighted by atomic mass is 9.97. The fourth-order valence-corrected chi connectivity index (χ4v) is 2.87. The van der Waals surface area contributed by atoms with Crippen LogP contribution in [0.5, 0.6) is 0 Å². The summed E-state index contributed by atoms with van der Waals surface area (Å²) in [7, 11) is 0. The molecule has 0 amide bonds. The maximum atomic E-state index is 13.3. The summed E-state index contributed by atoms with van der Waals surface area (Å²) in [5, 5.41) is 0. The first-order chi connectivity index (χ1) is 7.18. The molecular weight excluding hydrogens is 218 g/mol. The Morgan fingerprint density at radius 3 is 2.87 bits per heavy atom. The number of benzene rings is 1. The predicted molar refractivity (Wildman–Crippen MR) is 56.1 cm³/mol. The standard InChI is InChI=1S/C11H10F2OS/c12-8-1-2-10(13)9(5-8)11(14)7-3-4-15-6-7/h1-2,5,7H,3-4,6H2. The van der Waals surface area contributed by atoms with E-state index in [0.29, 0.717) is 0 Å². The quantitative estimate of drug-likeness (QED) is 0.724. The summed E-state index contributed by atoms with van der Waals surface area (Å²) in [6.07, 6.45) is 0.763. The lowest BCUT2D eigenvalue weighted by Gasteiger charge is -2.07. The van der Waals surface area contributed by atoms with Crippen LogP contribution >= 0.6 is 11.8 Å². The average Bonchev–Trinajstić information content (AvgIpc) is 2.74. The summed E-state index contributed by atoms with van der Waals surface area (Å²) < 4.78 is 26.1. The van der Waals surface area contributed by atoms with Gasteiger partial charge >= 0.3 is 0 Å². The Labute approximate surface area is 90.9 Å². The van der Waals surface area contributed by atoms with Crippen LogP contribution in [0, 0.1) is 17.6 Å². The molecule has 1 fully saturated rings. The van der Waals surface area contributed by atoms with Crippen LogP contribution in [0.15, 0.2) is 18.2 Å². The Morgan fingerprint density at radius 2 is 2.20 bits per heavy atom. The van der Waals surface area contributed by atoms with Gasteiger partial charge < -0.3 is 0 Å². The van der Waals surface area contributed by atoms with E-state index < -0.39 is 11.6 Å². The molecule has 1 aromatic carbocycles. The molecule has 1 aliphatic heterocycles. The van der Waals surface area contributed by atoms with Gasteiger partial charge in [0.1, 0.15) is 11.6 Å². The fraction of sp³-hybridized carbons (Fsp3) is 0.364. The lowest BCUT2D eigenvalue weighted by Crippen LogP contribution is -2.15. The van der Waals surface area contributed by atoms with Crippen LogP contribution in [-0.4, -0.2) is 17.3 Å². The third-order valence-electron chi connectivity index (χ3n) is 2.49. The molecule has 1 heterocycles. The van der Waals surface area contributed by atoms with Crippen LogP contribution in [0.4, 0.5) is 8.78 Å². The van der Waals surface area contributed by atoms with Gasteiger partial charge in [-0.1, -0.05) is 0 Å². The number of halogens is 2. The monoisotopic (exact) mass is 228 g/mol. The molecule has 1 aromatic rings. The second-order valence-electron chi connectivity index (χ2n) is 3.55. The first-order valence-electron chi connectivity index (χ1n) is 4.75. The van der Waals surface area contributed by atoms with E-state index in [-0.39, 0.29) is 17.3 Å². The molecule has 2 rings (SSSR count). The molecule has 1 atom stereocenters. The van der Waals surface area contributed by atoms with Crippen molar-refractivity contribution in [1.82, 2.24) is 0 Å². The van der Waals surface area contributed by atoms with Gasteiger partial charge in [-0.25, -0.2) is 8.78 Å². The predicted octanol–water partition coefficient (Wildman–Crippen LogP) is 2.90. The largest absolute Gasteiger partial charge is 0.294 e. The summed E-state index contributed by atoms with van der Waals surface area (Å²) >= 11 is 1.68. The molecule has 0 spiro atoms. The van der Waals surface area contributed by atoms with Gasteiger partial charge in [0, 0.05) is 11.7 Å². The molecule has 0 radical (unpaired) electrons. The van der Waals surface area contributed by atoms with Gasteiger partial charge in [0.05, 0.1) is 5.56 Å². The molecule has 15 heavy (non-hydrogen) atoms. The van der Waals surface area contributed by atoms with E-state index in [0.717, 1.165) is 36.1 Å². The van der Waals surface area contributed by atoms with Gasteiger partial charge in [0.25, 0.3) is 0 Å². The summed E-state index contributed by atoms with van der Waals surface area (Å²) in [5.41, 5.74) is -0.109. The molecule has 1 saturated heterocycles. The maximum Gasteiger partial charge on any atom is 0.169 e. The highest BCUT2D eigenvalue weighted by Crippen LogP contribution is 2.27. The van der Waals surface area contributed by atoms with Gasteiger partial charge in [-0.05, 0) is 30.4 Å². The topological polar surface area (TPSA) is 17.1 Å². The van der Waals surface area contributed by atoms with Crippen molar-refractivity contribution < 1.29 is 13.6 Å². The molecule has 0 saturated carbocycles. The second kappa shape index (κ2) is 4.31. The van der Waals surface area contributed by atoms with Crippen molar-refractivity contribution in [2.45, 2.75) is 6.42 Å². The van der Waals surface area contributed by atoms with Crippen LogP contribution in [0.3, 0.4) is 0 Å². The zero-order valence-corrected chi connectivity index (χ0v) is 8.82. The van der Waals surface area contributed by atoms with E-state index in [1.165, 1.54) is 0 Å². The van der Waals surface area contributed by atoms with Crippen LogP contribution in [0.1, 0.15) is 16.8 Å². The van der Waals surface area contributed by atoms with Crippen molar-refractivity contribution in [2.24, 2.45) is 5.92 Å². The molecule has 0 aromatic heterocycles. The Balaban J connectivity index is 2.27. The summed E-state index contributed by atoms with van der Waals surface area (Å²) in [4.78, 5) is 11.8. The summed E-state index contributed by atoms with van der Waals surface area (Å²) in [6.45, 7) is 0. The van der Waals surface area contributed by atoms with Crippen molar-refractivity contribution in [3.63, 3.8) is 0 Å². The van der Waals surface area contributed by atoms with Gasteiger partial charge in [-0.3, -0.25) is 4.79 Å². The van der Waals surface area contributed by atoms with Crippen molar-refractivity contribution in [3.8, 4) is 0 Å². The average molecular weight is 228 g/mol. The normalized spacial score (nSPS) is 20.5. The van der Waals surface area contributed by atoms with Gasteiger partial charge in [-0.15, -0.1) is 0 Å². The third-order valence-corrected chi connectivity index (χ3v) is 3.66. The summed E-state index contributed by atoms with van der Waals surface area (Å²) in [5.74, 6) is 0.0364. The molecule has 0 bridgehead atoms. The van der Waals surface area contributed by atoms with E-state index in [2.05, 4.69) is 0 Å². The molecule has 1 nitrogen and oxygen atoms in total. The number of thioether (sulfide) groups is 1. The minimum Gasteiger partial charge on any atom is -0.294 e. The highest BCUT2D eigenvalue weighted by Gasteiger charge is 2.26. The minimum absolute atomic E-state index is 0.109. The van der Waals surface area contributed by atoms with Crippen molar-refractivity contribution >= 4 is 17.5 Å². The van der Waals surface area contributed by atoms with Gasteiger partial charge in [0.2, 0.25) is 0 Å². The van der Waals surface area contributed by atoms with Gasteiger partial charge in [-0.2, -0.15) is 11.8 Å². The summed E-state index contributed by atoms with van der Waals surface area (Å²) in [6, 6.07) is 3.01. The SMILES string of the molecule is O=C(c1cc(F)ccc1F)C1CCSC1. The zero-order chi connectivity index (χ0) is 10.8. The molecule has 1 aliphatic rings. The second-order valence-corrected chi connectivity index (χ2v) is 4.70. The zero-order valence-electron chi connectivity index (χ0n) is 8.00. The molecular formula is C11H10F2OS. The number of hydrogen-bond donors (Lipinski definition) is 0. The van der Waals surface area contributed by atoms with Crippen LogP contribution in [-0.2, 0) is 0 Å². The van der Waals surface area contributed by atoms with Crippen molar-refractivity contribution in [1.29, 1.82) is 0 Å². The number of ketones is 1. The smallest absolute Gasteiger partial charge is 0.169 e. The Hall–Kier alpha value is -0.900.